The quantitative estimate of drug-likeness (QED) is 0.657. The lowest BCUT2D eigenvalue weighted by molar-refractivity contribution is 0.181. The van der Waals surface area contributed by atoms with Gasteiger partial charge in [-0.2, -0.15) is 11.3 Å². The fourth-order valence-electron chi connectivity index (χ4n) is 3.51. The Morgan fingerprint density at radius 1 is 1.27 bits per heavy atom. The lowest BCUT2D eigenvalue weighted by atomic mass is 9.87. The van der Waals surface area contributed by atoms with Gasteiger partial charge in [0.1, 0.15) is 0 Å². The molecule has 0 fully saturated rings. The molecule has 0 spiro atoms. The summed E-state index contributed by atoms with van der Waals surface area (Å²) >= 11 is 5.56. The first-order valence-corrected chi connectivity index (χ1v) is 10.0. The molecule has 22 heavy (non-hydrogen) atoms. The smallest absolute Gasteiger partial charge is 0.0210 e. The molecular formula is C19H24BrNS. The summed E-state index contributed by atoms with van der Waals surface area (Å²) in [7, 11) is 0. The van der Waals surface area contributed by atoms with Crippen LogP contribution in [0.3, 0.4) is 0 Å². The van der Waals surface area contributed by atoms with Crippen LogP contribution < -0.4 is 0 Å². The van der Waals surface area contributed by atoms with Crippen LogP contribution in [0.25, 0.3) is 0 Å². The topological polar surface area (TPSA) is 3.24 Å². The van der Waals surface area contributed by atoms with Crippen LogP contribution in [0, 0.1) is 0 Å². The zero-order chi connectivity index (χ0) is 15.4. The van der Waals surface area contributed by atoms with Crippen LogP contribution in [-0.4, -0.2) is 24.0 Å². The van der Waals surface area contributed by atoms with E-state index in [-0.39, 0.29) is 0 Å². The maximum Gasteiger partial charge on any atom is 0.0210 e. The number of halogens is 1. The van der Waals surface area contributed by atoms with Gasteiger partial charge in [-0.15, -0.1) is 0 Å². The second-order valence-corrected chi connectivity index (χ2v) is 7.83. The van der Waals surface area contributed by atoms with Crippen molar-refractivity contribution in [2.24, 2.45) is 0 Å². The molecule has 1 atom stereocenters. The number of thiophene rings is 1. The Morgan fingerprint density at radius 2 is 2.18 bits per heavy atom. The van der Waals surface area contributed by atoms with Crippen LogP contribution in [0.5, 0.6) is 0 Å². The average molecular weight is 378 g/mol. The van der Waals surface area contributed by atoms with Crippen molar-refractivity contribution >= 4 is 27.3 Å². The highest BCUT2D eigenvalue weighted by molar-refractivity contribution is 9.10. The van der Waals surface area contributed by atoms with Crippen molar-refractivity contribution in [3.05, 3.63) is 56.2 Å². The second kappa shape index (κ2) is 7.76. The van der Waals surface area contributed by atoms with Gasteiger partial charge in [-0.05, 0) is 78.2 Å². The number of nitrogens with zero attached hydrogens (tertiary/aromatic N) is 1. The normalized spacial score (nSPS) is 17.7. The zero-order valence-corrected chi connectivity index (χ0v) is 15.6. The molecule has 118 valence electrons. The Labute approximate surface area is 146 Å². The molecule has 1 heterocycles. The molecule has 3 heteroatoms. The van der Waals surface area contributed by atoms with E-state index in [1.165, 1.54) is 60.8 Å². The Balaban J connectivity index is 1.68. The third kappa shape index (κ3) is 3.81. The van der Waals surface area contributed by atoms with Gasteiger partial charge in [0.15, 0.2) is 0 Å². The molecule has 0 bridgehead atoms. The monoisotopic (exact) mass is 377 g/mol. The Bertz CT molecular complexity index is 593. The number of aryl methyl sites for hydroxylation is 1. The third-order valence-corrected chi connectivity index (χ3v) is 6.17. The number of fused-ring (bicyclic) bond motifs is 1. The summed E-state index contributed by atoms with van der Waals surface area (Å²) in [6, 6.07) is 9.62. The molecule has 0 radical (unpaired) electrons. The number of hydrogen-bond donors (Lipinski definition) is 0. The van der Waals surface area contributed by atoms with E-state index in [9.17, 15) is 0 Å². The molecule has 2 aromatic rings. The molecule has 0 saturated heterocycles. The molecule has 1 unspecified atom stereocenters. The molecular weight excluding hydrogens is 354 g/mol. The zero-order valence-electron chi connectivity index (χ0n) is 13.2. The van der Waals surface area contributed by atoms with Crippen molar-refractivity contribution < 1.29 is 0 Å². The van der Waals surface area contributed by atoms with Crippen LogP contribution in [0.1, 0.15) is 36.5 Å². The Kier molecular flexibility index (Phi) is 5.72. The van der Waals surface area contributed by atoms with E-state index in [0.717, 1.165) is 0 Å². The lowest BCUT2D eigenvalue weighted by Crippen LogP contribution is -2.41. The molecule has 1 aliphatic carbocycles. The van der Waals surface area contributed by atoms with Gasteiger partial charge in [-0.25, -0.2) is 0 Å². The molecule has 1 nitrogen and oxygen atoms in total. The van der Waals surface area contributed by atoms with E-state index < -0.39 is 0 Å². The van der Waals surface area contributed by atoms with E-state index in [1.54, 1.807) is 5.56 Å². The van der Waals surface area contributed by atoms with Gasteiger partial charge in [-0.1, -0.05) is 35.0 Å². The molecule has 1 aliphatic rings. The van der Waals surface area contributed by atoms with Crippen LogP contribution in [0.4, 0.5) is 0 Å². The van der Waals surface area contributed by atoms with Crippen LogP contribution in [0.15, 0.2) is 39.5 Å². The standard InChI is InChI=1S/C19H24BrNS/c1-2-10-21(11-8-15-9-12-22-14-15)17-7-6-16-4-3-5-19(20)18(16)13-17/h3-5,9,12,14,17H,2,6-8,10-11,13H2,1H3. The summed E-state index contributed by atoms with van der Waals surface area (Å²) in [5, 5.41) is 4.48. The predicted molar refractivity (Wildman–Crippen MR) is 99.8 cm³/mol. The van der Waals surface area contributed by atoms with Crippen molar-refractivity contribution in [3.8, 4) is 0 Å². The summed E-state index contributed by atoms with van der Waals surface area (Å²) < 4.78 is 1.30. The third-order valence-electron chi connectivity index (χ3n) is 4.70. The largest absolute Gasteiger partial charge is 0.300 e. The van der Waals surface area contributed by atoms with Crippen LogP contribution >= 0.6 is 27.3 Å². The highest BCUT2D eigenvalue weighted by atomic mass is 79.9. The molecule has 0 amide bonds. The summed E-state index contributed by atoms with van der Waals surface area (Å²) in [6.45, 7) is 4.70. The predicted octanol–water partition coefficient (Wildman–Crippen LogP) is 5.32. The highest BCUT2D eigenvalue weighted by Gasteiger charge is 2.24. The van der Waals surface area contributed by atoms with Crippen molar-refractivity contribution in [1.29, 1.82) is 0 Å². The molecule has 1 aromatic heterocycles. The maximum atomic E-state index is 3.75. The van der Waals surface area contributed by atoms with Gasteiger partial charge in [0.2, 0.25) is 0 Å². The number of hydrogen-bond acceptors (Lipinski definition) is 2. The van der Waals surface area contributed by atoms with Crippen molar-refractivity contribution in [3.63, 3.8) is 0 Å². The maximum absolute atomic E-state index is 3.75. The number of benzene rings is 1. The fraction of sp³-hybridized carbons (Fsp3) is 0.474. The van der Waals surface area contributed by atoms with E-state index in [1.807, 2.05) is 11.3 Å². The van der Waals surface area contributed by atoms with Crippen molar-refractivity contribution in [1.82, 2.24) is 4.90 Å². The van der Waals surface area contributed by atoms with Crippen LogP contribution in [0.2, 0.25) is 0 Å². The minimum atomic E-state index is 0.699. The van der Waals surface area contributed by atoms with Crippen molar-refractivity contribution in [2.75, 3.05) is 13.1 Å². The van der Waals surface area contributed by atoms with E-state index in [0.29, 0.717) is 6.04 Å². The molecule has 1 aromatic carbocycles. The first-order chi connectivity index (χ1) is 10.8. The SMILES string of the molecule is CCCN(CCc1ccsc1)C1CCc2cccc(Br)c2C1. The van der Waals surface area contributed by atoms with Gasteiger partial charge in [0.25, 0.3) is 0 Å². The minimum Gasteiger partial charge on any atom is -0.300 e. The van der Waals surface area contributed by atoms with Gasteiger partial charge in [-0.3, -0.25) is 4.90 Å². The van der Waals surface area contributed by atoms with E-state index in [4.69, 9.17) is 0 Å². The van der Waals surface area contributed by atoms with E-state index >= 15 is 0 Å². The molecule has 0 aliphatic heterocycles. The first-order valence-electron chi connectivity index (χ1n) is 8.29. The van der Waals surface area contributed by atoms with Crippen molar-refractivity contribution in [2.45, 2.75) is 45.1 Å². The van der Waals surface area contributed by atoms with Gasteiger partial charge < -0.3 is 0 Å². The second-order valence-electron chi connectivity index (χ2n) is 6.19. The Morgan fingerprint density at radius 3 is 2.95 bits per heavy atom. The summed E-state index contributed by atoms with van der Waals surface area (Å²) in [5.74, 6) is 0. The molecule has 3 rings (SSSR count). The summed E-state index contributed by atoms with van der Waals surface area (Å²) in [4.78, 5) is 2.72. The summed E-state index contributed by atoms with van der Waals surface area (Å²) in [5.41, 5.74) is 4.57. The number of rotatable bonds is 6. The van der Waals surface area contributed by atoms with Gasteiger partial charge in [0.05, 0.1) is 0 Å². The van der Waals surface area contributed by atoms with Gasteiger partial charge >= 0.3 is 0 Å². The minimum absolute atomic E-state index is 0.699. The fourth-order valence-corrected chi connectivity index (χ4v) is 4.78. The average Bonchev–Trinajstić information content (AvgIpc) is 3.05. The summed E-state index contributed by atoms with van der Waals surface area (Å²) in [6.07, 6.45) is 6.14. The lowest BCUT2D eigenvalue weighted by Gasteiger charge is -2.35. The molecule has 0 N–H and O–H groups in total. The van der Waals surface area contributed by atoms with Gasteiger partial charge in [0, 0.05) is 17.1 Å². The van der Waals surface area contributed by atoms with E-state index in [2.05, 4.69) is 62.8 Å². The first kappa shape index (κ1) is 16.2. The molecule has 0 saturated carbocycles. The Hall–Kier alpha value is -0.640. The van der Waals surface area contributed by atoms with Crippen LogP contribution in [-0.2, 0) is 19.3 Å². The highest BCUT2D eigenvalue weighted by Crippen LogP contribution is 2.30.